The first-order valence-electron chi connectivity index (χ1n) is 14.8. The van der Waals surface area contributed by atoms with Gasteiger partial charge in [0, 0.05) is 30.3 Å². The summed E-state index contributed by atoms with van der Waals surface area (Å²) in [5.41, 5.74) is -4.41. The summed E-state index contributed by atoms with van der Waals surface area (Å²) in [5.74, 6) is -2.23. The molecule has 12 nitrogen and oxygen atoms in total. The van der Waals surface area contributed by atoms with Crippen molar-refractivity contribution in [2.24, 2.45) is 28.6 Å². The lowest BCUT2D eigenvalue weighted by Gasteiger charge is -2.64. The molecule has 0 unspecified atom stereocenters. The minimum atomic E-state index is -1.71. The molecule has 0 aromatic rings. The predicted molar refractivity (Wildman–Crippen MR) is 135 cm³/mol. The molecule has 4 aliphatic carbocycles. The van der Waals surface area contributed by atoms with E-state index in [4.69, 9.17) is 18.9 Å². The maximum absolute atomic E-state index is 13.8. The molecular weight excluding hydrogens is 540 g/mol. The minimum absolute atomic E-state index is 0.0423. The fraction of sp³-hybridized carbons (Fsp3) is 0.862. The second kappa shape index (κ2) is 8.95. The Bertz CT molecular complexity index is 1170. The number of esters is 2. The van der Waals surface area contributed by atoms with Crippen molar-refractivity contribution < 1.29 is 59.2 Å². The fourth-order valence-corrected chi connectivity index (χ4v) is 10.4. The molecule has 3 heterocycles. The van der Waals surface area contributed by atoms with Crippen LogP contribution in [0.15, 0.2) is 11.6 Å². The van der Waals surface area contributed by atoms with Crippen molar-refractivity contribution in [1.82, 2.24) is 0 Å². The van der Waals surface area contributed by atoms with Crippen LogP contribution >= 0.6 is 0 Å². The van der Waals surface area contributed by atoms with Gasteiger partial charge in [-0.05, 0) is 56.4 Å². The maximum atomic E-state index is 13.8. The molecule has 0 aromatic heterocycles. The number of hydrogen-bond acceptors (Lipinski definition) is 12. The zero-order chi connectivity index (χ0) is 29.3. The summed E-state index contributed by atoms with van der Waals surface area (Å²) in [6, 6.07) is 0. The lowest BCUT2D eigenvalue weighted by molar-refractivity contribution is -0.324. The van der Waals surface area contributed by atoms with E-state index in [-0.39, 0.29) is 31.8 Å². The van der Waals surface area contributed by atoms with E-state index in [1.165, 1.54) is 13.0 Å². The van der Waals surface area contributed by atoms with E-state index in [1.807, 2.05) is 6.92 Å². The molecule has 41 heavy (non-hydrogen) atoms. The Morgan fingerprint density at radius 2 is 1.76 bits per heavy atom. The maximum Gasteiger partial charge on any atom is 0.331 e. The van der Waals surface area contributed by atoms with Crippen LogP contribution in [-0.2, 0) is 28.5 Å². The zero-order valence-corrected chi connectivity index (χ0v) is 23.2. The first kappa shape index (κ1) is 28.1. The van der Waals surface area contributed by atoms with E-state index >= 15 is 0 Å². The monoisotopic (exact) mass is 580 g/mol. The first-order valence-corrected chi connectivity index (χ1v) is 14.8. The topological polar surface area (TPSA) is 192 Å². The Morgan fingerprint density at radius 3 is 2.46 bits per heavy atom. The van der Waals surface area contributed by atoms with Gasteiger partial charge in [0.05, 0.1) is 29.5 Å². The number of rotatable bonds is 3. The molecule has 7 aliphatic rings. The van der Waals surface area contributed by atoms with Crippen molar-refractivity contribution in [2.75, 3.05) is 6.61 Å². The summed E-state index contributed by atoms with van der Waals surface area (Å²) in [4.78, 5) is 25.7. The molecule has 7 rings (SSSR count). The third-order valence-electron chi connectivity index (χ3n) is 12.2. The molecule has 228 valence electrons. The molecule has 0 amide bonds. The zero-order valence-electron chi connectivity index (χ0n) is 23.2. The third-order valence-corrected chi connectivity index (χ3v) is 12.2. The number of carbonyl (C=O) groups is 2. The van der Waals surface area contributed by atoms with E-state index < -0.39 is 94.8 Å². The first-order chi connectivity index (χ1) is 19.3. The van der Waals surface area contributed by atoms with Crippen LogP contribution in [0.1, 0.15) is 58.8 Å². The molecular formula is C29H40O12. The van der Waals surface area contributed by atoms with Gasteiger partial charge in [-0.15, -0.1) is 0 Å². The molecule has 4 saturated carbocycles. The van der Waals surface area contributed by atoms with Crippen molar-refractivity contribution in [1.29, 1.82) is 0 Å². The minimum Gasteiger partial charge on any atom is -0.461 e. The summed E-state index contributed by atoms with van der Waals surface area (Å²) in [6.45, 7) is 3.71. The summed E-state index contributed by atoms with van der Waals surface area (Å²) in [6.07, 6.45) is -5.91. The van der Waals surface area contributed by atoms with Gasteiger partial charge in [-0.2, -0.15) is 0 Å². The molecule has 15 atom stereocenters. The molecule has 0 aromatic carbocycles. The van der Waals surface area contributed by atoms with Gasteiger partial charge in [0.15, 0.2) is 6.29 Å². The van der Waals surface area contributed by atoms with E-state index in [2.05, 4.69) is 0 Å². The van der Waals surface area contributed by atoms with E-state index in [9.17, 15) is 40.2 Å². The third kappa shape index (κ3) is 3.44. The standard InChI is InChI=1S/C29H40O12/c1-12-21(32)22(33)23(34)24(39-12)40-14-8-18(30)29-20-16(3-5-27(29,36)9-14)28(37)6-4-15(13-7-19(31)38-11-13)26(28,2)10-17(20)41-25(29)35/h7,12,14-18,20-24,30,32-34,36-37H,3-6,8-11H2,1-2H3/t12-,14-,15-,16-,17-,18+,20-,21+,22+,23+,24-,26-,27+,28-,29-/m1/s1. The highest BCUT2D eigenvalue weighted by atomic mass is 16.7. The number of carbonyl (C=O) groups excluding carboxylic acids is 2. The summed E-state index contributed by atoms with van der Waals surface area (Å²) in [5, 5.41) is 67.1. The van der Waals surface area contributed by atoms with Crippen molar-refractivity contribution >= 4 is 11.9 Å². The largest absolute Gasteiger partial charge is 0.461 e. The molecule has 2 saturated heterocycles. The van der Waals surface area contributed by atoms with Crippen LogP contribution in [0.25, 0.3) is 0 Å². The number of hydrogen-bond donors (Lipinski definition) is 6. The Balaban J connectivity index is 1.19. The average molecular weight is 581 g/mol. The summed E-state index contributed by atoms with van der Waals surface area (Å²) < 4.78 is 22.7. The molecule has 0 bridgehead atoms. The van der Waals surface area contributed by atoms with Crippen LogP contribution < -0.4 is 0 Å². The highest BCUT2D eigenvalue weighted by Gasteiger charge is 2.81. The number of aliphatic hydroxyl groups excluding tert-OH is 4. The van der Waals surface area contributed by atoms with Gasteiger partial charge in [0.1, 0.15) is 36.4 Å². The van der Waals surface area contributed by atoms with Gasteiger partial charge in [-0.3, -0.25) is 4.79 Å². The molecule has 12 heteroatoms. The van der Waals surface area contributed by atoms with Crippen LogP contribution in [-0.4, -0.2) is 109 Å². The number of aliphatic hydroxyl groups is 6. The smallest absolute Gasteiger partial charge is 0.331 e. The van der Waals surface area contributed by atoms with Gasteiger partial charge in [0.2, 0.25) is 0 Å². The molecule has 3 aliphatic heterocycles. The lowest BCUT2D eigenvalue weighted by atomic mass is 9.41. The van der Waals surface area contributed by atoms with Crippen LogP contribution in [0.2, 0.25) is 0 Å². The molecule has 6 fully saturated rings. The number of cyclic esters (lactones) is 1. The molecule has 1 spiro atoms. The molecule has 6 N–H and O–H groups in total. The average Bonchev–Trinajstić information content (AvgIpc) is 3.54. The fourth-order valence-electron chi connectivity index (χ4n) is 10.4. The van der Waals surface area contributed by atoms with Crippen LogP contribution in [0.5, 0.6) is 0 Å². The van der Waals surface area contributed by atoms with Gasteiger partial charge in [-0.25, -0.2) is 4.79 Å². The molecule has 0 radical (unpaired) electrons. The van der Waals surface area contributed by atoms with E-state index in [1.54, 1.807) is 0 Å². The second-order valence-corrected chi connectivity index (χ2v) is 13.9. The van der Waals surface area contributed by atoms with Crippen LogP contribution in [0.3, 0.4) is 0 Å². The number of fused-ring (bicyclic) bond motifs is 2. The second-order valence-electron chi connectivity index (χ2n) is 13.9. The van der Waals surface area contributed by atoms with Crippen molar-refractivity contribution in [3.8, 4) is 0 Å². The van der Waals surface area contributed by atoms with E-state index in [0.29, 0.717) is 25.7 Å². The van der Waals surface area contributed by atoms with Crippen molar-refractivity contribution in [3.05, 3.63) is 11.6 Å². The lowest BCUT2D eigenvalue weighted by Crippen LogP contribution is -2.73. The number of ether oxygens (including phenoxy) is 4. The Kier molecular flexibility index (Phi) is 6.14. The van der Waals surface area contributed by atoms with Crippen LogP contribution in [0.4, 0.5) is 0 Å². The quantitative estimate of drug-likeness (QED) is 0.178. The highest BCUT2D eigenvalue weighted by molar-refractivity contribution is 5.85. The Labute approximate surface area is 237 Å². The van der Waals surface area contributed by atoms with Crippen molar-refractivity contribution in [2.45, 2.75) is 119 Å². The van der Waals surface area contributed by atoms with Gasteiger partial charge < -0.3 is 49.6 Å². The highest BCUT2D eigenvalue weighted by Crippen LogP contribution is 2.73. The SMILES string of the molecule is C[C@H]1O[C@H](O[C@@H]2C[C@H](O)[C@@]34C(=O)O[C@@H]5C[C@]6(C)[C@@H](C7=CC(=O)OC7)CC[C@@]6(O)[C@H](CC[C@]3(O)C2)[C@H]54)[C@@H](O)[C@@H](O)[C@H]1O. The predicted octanol–water partition coefficient (Wildman–Crippen LogP) is -0.943. The normalized spacial score (nSPS) is 57.8. The van der Waals surface area contributed by atoms with Gasteiger partial charge in [-0.1, -0.05) is 6.92 Å². The van der Waals surface area contributed by atoms with Gasteiger partial charge in [0.25, 0.3) is 0 Å². The van der Waals surface area contributed by atoms with Crippen molar-refractivity contribution in [3.63, 3.8) is 0 Å². The summed E-state index contributed by atoms with van der Waals surface area (Å²) >= 11 is 0. The summed E-state index contributed by atoms with van der Waals surface area (Å²) in [7, 11) is 0. The Hall–Kier alpha value is -1.64. The Morgan fingerprint density at radius 1 is 1.00 bits per heavy atom. The van der Waals surface area contributed by atoms with Gasteiger partial charge >= 0.3 is 11.9 Å². The van der Waals surface area contributed by atoms with E-state index in [0.717, 1.165) is 5.57 Å². The van der Waals surface area contributed by atoms with Crippen LogP contribution in [0, 0.1) is 28.6 Å².